The molecule has 1 N–H and O–H groups in total. The molecule has 0 fully saturated rings. The Morgan fingerprint density at radius 2 is 1.62 bits per heavy atom. The lowest BCUT2D eigenvalue weighted by molar-refractivity contribution is 0.0931. The van der Waals surface area contributed by atoms with E-state index in [-0.39, 0.29) is 17.8 Å². The van der Waals surface area contributed by atoms with Gasteiger partial charge in [-0.2, -0.15) is 0 Å². The molecule has 0 saturated heterocycles. The van der Waals surface area contributed by atoms with Gasteiger partial charge in [0.15, 0.2) is 0 Å². The first kappa shape index (κ1) is 21.5. The van der Waals surface area contributed by atoms with Crippen molar-refractivity contribution in [1.82, 2.24) is 14.9 Å². The number of rotatable bonds is 7. The Bertz CT molecular complexity index is 1200. The molecule has 162 valence electrons. The van der Waals surface area contributed by atoms with Crippen molar-refractivity contribution in [3.8, 4) is 22.6 Å². The van der Waals surface area contributed by atoms with E-state index in [1.54, 1.807) is 12.1 Å². The van der Waals surface area contributed by atoms with Gasteiger partial charge in [-0.3, -0.25) is 4.79 Å². The van der Waals surface area contributed by atoms with E-state index in [1.165, 1.54) is 12.1 Å². The molecule has 0 bridgehead atoms. The Balaban J connectivity index is 1.75. The average Bonchev–Trinajstić information content (AvgIpc) is 3.20. The van der Waals surface area contributed by atoms with E-state index < -0.39 is 0 Å². The zero-order chi connectivity index (χ0) is 22.5. The first-order valence-corrected chi connectivity index (χ1v) is 10.8. The molecule has 4 rings (SSSR count). The van der Waals surface area contributed by atoms with Gasteiger partial charge in [-0.1, -0.05) is 72.8 Å². The summed E-state index contributed by atoms with van der Waals surface area (Å²) < 4.78 is 15.9. The fourth-order valence-corrected chi connectivity index (χ4v) is 3.95. The lowest BCUT2D eigenvalue weighted by Crippen LogP contribution is -2.35. The van der Waals surface area contributed by atoms with Crippen molar-refractivity contribution < 1.29 is 9.18 Å². The molecule has 0 spiro atoms. The second kappa shape index (κ2) is 9.60. The van der Waals surface area contributed by atoms with Crippen molar-refractivity contribution in [2.75, 3.05) is 0 Å². The predicted molar refractivity (Wildman–Crippen MR) is 126 cm³/mol. The Morgan fingerprint density at radius 1 is 0.969 bits per heavy atom. The number of aromatic nitrogens is 2. The van der Waals surface area contributed by atoms with Crippen molar-refractivity contribution >= 4 is 5.91 Å². The van der Waals surface area contributed by atoms with Crippen molar-refractivity contribution in [2.45, 2.75) is 32.9 Å². The number of nitrogens with one attached hydrogen (secondary N) is 1. The molecule has 0 radical (unpaired) electrons. The molecule has 32 heavy (non-hydrogen) atoms. The van der Waals surface area contributed by atoms with Crippen molar-refractivity contribution in [1.29, 1.82) is 0 Å². The summed E-state index contributed by atoms with van der Waals surface area (Å²) >= 11 is 0. The van der Waals surface area contributed by atoms with Crippen LogP contribution in [0.25, 0.3) is 22.6 Å². The molecule has 4 aromatic rings. The van der Waals surface area contributed by atoms with Crippen LogP contribution < -0.4 is 5.32 Å². The lowest BCUT2D eigenvalue weighted by Gasteiger charge is -2.16. The van der Waals surface area contributed by atoms with Crippen LogP contribution in [-0.2, 0) is 13.0 Å². The smallest absolute Gasteiger partial charge is 0.270 e. The molecule has 0 aliphatic rings. The molecule has 5 heteroatoms. The zero-order valence-corrected chi connectivity index (χ0v) is 18.3. The van der Waals surface area contributed by atoms with E-state index >= 15 is 0 Å². The van der Waals surface area contributed by atoms with E-state index in [4.69, 9.17) is 4.98 Å². The number of amides is 1. The van der Waals surface area contributed by atoms with E-state index in [2.05, 4.69) is 5.32 Å². The molecule has 1 atom stereocenters. The summed E-state index contributed by atoms with van der Waals surface area (Å²) in [7, 11) is 0. The third kappa shape index (κ3) is 4.62. The maximum atomic E-state index is 14.0. The summed E-state index contributed by atoms with van der Waals surface area (Å²) in [4.78, 5) is 18.3. The first-order chi connectivity index (χ1) is 15.6. The van der Waals surface area contributed by atoms with Crippen LogP contribution >= 0.6 is 0 Å². The summed E-state index contributed by atoms with van der Waals surface area (Å²) in [5.41, 5.74) is 3.56. The number of hydrogen-bond acceptors (Lipinski definition) is 2. The van der Waals surface area contributed by atoms with Crippen LogP contribution in [0.1, 0.15) is 29.9 Å². The van der Waals surface area contributed by atoms with Gasteiger partial charge in [0.05, 0.1) is 0 Å². The van der Waals surface area contributed by atoms with Crippen molar-refractivity contribution in [3.05, 3.63) is 102 Å². The van der Waals surface area contributed by atoms with Crippen molar-refractivity contribution in [3.63, 3.8) is 0 Å². The molecule has 0 aliphatic carbocycles. The van der Waals surface area contributed by atoms with Crippen LogP contribution in [0.2, 0.25) is 0 Å². The molecule has 4 nitrogen and oxygen atoms in total. The van der Waals surface area contributed by atoms with Crippen LogP contribution in [-0.4, -0.2) is 21.5 Å². The van der Waals surface area contributed by atoms with Gasteiger partial charge in [-0.25, -0.2) is 9.37 Å². The van der Waals surface area contributed by atoms with Gasteiger partial charge in [0.1, 0.15) is 23.0 Å². The summed E-state index contributed by atoms with van der Waals surface area (Å²) in [6.45, 7) is 4.52. The average molecular weight is 428 g/mol. The maximum Gasteiger partial charge on any atom is 0.270 e. The van der Waals surface area contributed by atoms with Gasteiger partial charge in [0.2, 0.25) is 0 Å². The van der Waals surface area contributed by atoms with Gasteiger partial charge in [0.25, 0.3) is 5.91 Å². The fourth-order valence-electron chi connectivity index (χ4n) is 3.95. The fraction of sp³-hybridized carbons (Fsp3) is 0.185. The minimum Gasteiger partial charge on any atom is -0.348 e. The quantitative estimate of drug-likeness (QED) is 0.409. The molecule has 1 amide bonds. The van der Waals surface area contributed by atoms with E-state index in [0.29, 0.717) is 35.7 Å². The number of halogens is 1. The zero-order valence-electron chi connectivity index (χ0n) is 18.3. The van der Waals surface area contributed by atoms with E-state index in [0.717, 1.165) is 11.1 Å². The third-order valence-corrected chi connectivity index (χ3v) is 5.39. The number of nitrogens with zero attached hydrogens (tertiary/aromatic N) is 2. The van der Waals surface area contributed by atoms with Gasteiger partial charge in [-0.05, 0) is 38.0 Å². The Hall–Kier alpha value is -3.73. The number of imidazole rings is 1. The molecular formula is C27H26FN3O. The van der Waals surface area contributed by atoms with E-state index in [9.17, 15) is 9.18 Å². The molecule has 1 heterocycles. The molecular weight excluding hydrogens is 401 g/mol. The van der Waals surface area contributed by atoms with Gasteiger partial charge in [0, 0.05) is 23.7 Å². The summed E-state index contributed by atoms with van der Waals surface area (Å²) in [6.07, 6.45) is 0.716. The monoisotopic (exact) mass is 427 g/mol. The molecule has 0 saturated carbocycles. The summed E-state index contributed by atoms with van der Waals surface area (Å²) in [5.74, 6) is 0.107. The maximum absolute atomic E-state index is 14.0. The molecule has 0 aliphatic heterocycles. The van der Waals surface area contributed by atoms with Crippen LogP contribution in [0.3, 0.4) is 0 Å². The predicted octanol–water partition coefficient (Wildman–Crippen LogP) is 5.74. The van der Waals surface area contributed by atoms with Gasteiger partial charge in [-0.15, -0.1) is 0 Å². The topological polar surface area (TPSA) is 46.9 Å². The van der Waals surface area contributed by atoms with Crippen LogP contribution in [0.5, 0.6) is 0 Å². The molecule has 3 aromatic carbocycles. The SMILES string of the molecule is CCn1c(-c2ccccc2)nc(-c2cccc(F)c2)c1C(=O)N[C@@H](C)Cc1ccccc1. The minimum absolute atomic E-state index is 0.0781. The second-order valence-electron chi connectivity index (χ2n) is 7.82. The van der Waals surface area contributed by atoms with Crippen LogP contribution in [0, 0.1) is 5.82 Å². The van der Waals surface area contributed by atoms with Crippen LogP contribution in [0.4, 0.5) is 4.39 Å². The minimum atomic E-state index is -0.362. The Morgan fingerprint density at radius 3 is 2.28 bits per heavy atom. The standard InChI is InChI=1S/C27H26FN3O/c1-3-31-25(27(32)29-19(2)17-20-11-6-4-7-12-20)24(22-15-10-16-23(28)18-22)30-26(31)21-13-8-5-9-14-21/h4-16,18-19H,3,17H2,1-2H3,(H,29,32)/t19-/m0/s1. The highest BCUT2D eigenvalue weighted by atomic mass is 19.1. The number of carbonyl (C=O) groups is 1. The Labute approximate surface area is 187 Å². The first-order valence-electron chi connectivity index (χ1n) is 10.8. The highest BCUT2D eigenvalue weighted by Gasteiger charge is 2.25. The van der Waals surface area contributed by atoms with Gasteiger partial charge < -0.3 is 9.88 Å². The molecule has 0 unspecified atom stereocenters. The number of benzene rings is 3. The van der Waals surface area contributed by atoms with Crippen molar-refractivity contribution in [2.24, 2.45) is 0 Å². The Kier molecular flexibility index (Phi) is 6.45. The lowest BCUT2D eigenvalue weighted by atomic mass is 10.1. The van der Waals surface area contributed by atoms with Gasteiger partial charge >= 0.3 is 0 Å². The highest BCUT2D eigenvalue weighted by molar-refractivity contribution is 5.99. The van der Waals surface area contributed by atoms with E-state index in [1.807, 2.05) is 79.1 Å². The highest BCUT2D eigenvalue weighted by Crippen LogP contribution is 2.30. The van der Waals surface area contributed by atoms with Crippen LogP contribution in [0.15, 0.2) is 84.9 Å². The number of carbonyl (C=O) groups excluding carboxylic acids is 1. The second-order valence-corrected chi connectivity index (χ2v) is 7.82. The summed E-state index contributed by atoms with van der Waals surface area (Å²) in [6, 6.07) is 25.9. The largest absolute Gasteiger partial charge is 0.348 e. The molecule has 1 aromatic heterocycles. The number of hydrogen-bond donors (Lipinski definition) is 1. The normalized spacial score (nSPS) is 11.8. The third-order valence-electron chi connectivity index (χ3n) is 5.39. The summed E-state index contributed by atoms with van der Waals surface area (Å²) in [5, 5.41) is 3.12.